The maximum Gasteiger partial charge on any atom is 0.181 e. The normalized spacial score (nSPS) is 12.9. The highest BCUT2D eigenvalue weighted by Gasteiger charge is 2.09. The van der Waals surface area contributed by atoms with Crippen molar-refractivity contribution in [3.8, 4) is 11.8 Å². The molecule has 1 N–H and O–H groups in total. The van der Waals surface area contributed by atoms with Gasteiger partial charge in [0.1, 0.15) is 11.8 Å². The molecule has 1 heterocycles. The largest absolute Gasteiger partial charge is 0.474 e. The van der Waals surface area contributed by atoms with Crippen LogP contribution in [-0.2, 0) is 6.54 Å². The highest BCUT2D eigenvalue weighted by molar-refractivity contribution is 5.20. The molecule has 0 aliphatic rings. The summed E-state index contributed by atoms with van der Waals surface area (Å²) in [5.41, 5.74) is 1.03. The Kier molecular flexibility index (Phi) is 4.47. The molecule has 92 valence electrons. The third kappa shape index (κ3) is 5.32. The van der Waals surface area contributed by atoms with Gasteiger partial charge in [-0.1, -0.05) is 0 Å². The molecule has 1 atom stereocenters. The average Bonchev–Trinajstić information content (AvgIpc) is 2.27. The predicted molar refractivity (Wildman–Crippen MR) is 66.5 cm³/mol. The first kappa shape index (κ1) is 13.5. The van der Waals surface area contributed by atoms with Crippen molar-refractivity contribution in [2.75, 3.05) is 0 Å². The molecule has 0 aliphatic heterocycles. The smallest absolute Gasteiger partial charge is 0.181 e. The summed E-state index contributed by atoms with van der Waals surface area (Å²) >= 11 is 0. The van der Waals surface area contributed by atoms with E-state index in [1.54, 1.807) is 13.1 Å². The van der Waals surface area contributed by atoms with Gasteiger partial charge in [0.05, 0.1) is 11.9 Å². The van der Waals surface area contributed by atoms with E-state index >= 15 is 0 Å². The number of hydrogen-bond donors (Lipinski definition) is 1. The molecule has 0 spiro atoms. The summed E-state index contributed by atoms with van der Waals surface area (Å²) in [7, 11) is 0. The lowest BCUT2D eigenvalue weighted by molar-refractivity contribution is 0.275. The minimum absolute atomic E-state index is 0.0756. The number of ether oxygens (including phenoxy) is 1. The van der Waals surface area contributed by atoms with Crippen molar-refractivity contribution in [3.05, 3.63) is 24.0 Å². The number of nitrogens with one attached hydrogen (secondary N) is 1. The molecule has 0 bridgehead atoms. The van der Waals surface area contributed by atoms with Gasteiger partial charge in [0, 0.05) is 12.1 Å². The number of aromatic nitrogens is 1. The standard InChI is InChI=1S/C13H19N3O/c1-10(7-14)17-12-6-5-11(15-9-12)8-16-13(2,3)4/h5-6,9-10,16H,8H2,1-4H3. The fourth-order valence-electron chi connectivity index (χ4n) is 1.17. The van der Waals surface area contributed by atoms with Gasteiger partial charge in [-0.3, -0.25) is 4.98 Å². The monoisotopic (exact) mass is 233 g/mol. The fraction of sp³-hybridized carbons (Fsp3) is 0.538. The van der Waals surface area contributed by atoms with Crippen LogP contribution in [0.25, 0.3) is 0 Å². The van der Waals surface area contributed by atoms with Crippen molar-refractivity contribution in [3.63, 3.8) is 0 Å². The number of rotatable bonds is 4. The molecular formula is C13H19N3O. The Morgan fingerprint density at radius 3 is 2.65 bits per heavy atom. The molecule has 1 aromatic heterocycles. The SMILES string of the molecule is CC(C#N)Oc1ccc(CNC(C)(C)C)nc1. The van der Waals surface area contributed by atoms with Crippen LogP contribution < -0.4 is 10.1 Å². The van der Waals surface area contributed by atoms with Gasteiger partial charge in [0.15, 0.2) is 6.10 Å². The molecule has 0 radical (unpaired) electrons. The molecular weight excluding hydrogens is 214 g/mol. The van der Waals surface area contributed by atoms with Crippen molar-refractivity contribution in [2.24, 2.45) is 0 Å². The molecule has 0 aromatic carbocycles. The Balaban J connectivity index is 2.54. The van der Waals surface area contributed by atoms with Crippen LogP contribution in [0.5, 0.6) is 5.75 Å². The second-order valence-electron chi connectivity index (χ2n) is 4.98. The van der Waals surface area contributed by atoms with Gasteiger partial charge in [-0.2, -0.15) is 5.26 Å². The van der Waals surface area contributed by atoms with Crippen molar-refractivity contribution in [1.82, 2.24) is 10.3 Å². The minimum atomic E-state index is -0.449. The fourth-order valence-corrected chi connectivity index (χ4v) is 1.17. The second-order valence-corrected chi connectivity index (χ2v) is 4.98. The quantitative estimate of drug-likeness (QED) is 0.866. The molecule has 4 heteroatoms. The first-order valence-electron chi connectivity index (χ1n) is 5.67. The van der Waals surface area contributed by atoms with Crippen molar-refractivity contribution in [1.29, 1.82) is 5.26 Å². The van der Waals surface area contributed by atoms with E-state index in [9.17, 15) is 0 Å². The van der Waals surface area contributed by atoms with E-state index in [2.05, 4.69) is 31.1 Å². The maximum atomic E-state index is 8.62. The van der Waals surface area contributed by atoms with Crippen LogP contribution in [0.4, 0.5) is 0 Å². The third-order valence-electron chi connectivity index (χ3n) is 2.09. The summed E-state index contributed by atoms with van der Waals surface area (Å²) in [6.45, 7) is 8.75. The summed E-state index contributed by atoms with van der Waals surface area (Å²) in [6, 6.07) is 5.75. The molecule has 17 heavy (non-hydrogen) atoms. The molecule has 0 amide bonds. The highest BCUT2D eigenvalue weighted by Crippen LogP contribution is 2.11. The van der Waals surface area contributed by atoms with Crippen LogP contribution in [0.2, 0.25) is 0 Å². The minimum Gasteiger partial charge on any atom is -0.474 e. The topological polar surface area (TPSA) is 57.9 Å². The molecule has 0 aliphatic carbocycles. The Morgan fingerprint density at radius 2 is 2.18 bits per heavy atom. The van der Waals surface area contributed by atoms with Gasteiger partial charge in [-0.15, -0.1) is 0 Å². The predicted octanol–water partition coefficient (Wildman–Crippen LogP) is 2.26. The van der Waals surface area contributed by atoms with Crippen LogP contribution in [-0.4, -0.2) is 16.6 Å². The molecule has 0 saturated heterocycles. The number of pyridine rings is 1. The zero-order valence-corrected chi connectivity index (χ0v) is 10.8. The van der Waals surface area contributed by atoms with Gasteiger partial charge in [0.2, 0.25) is 0 Å². The van der Waals surface area contributed by atoms with Crippen molar-refractivity contribution < 1.29 is 4.74 Å². The van der Waals surface area contributed by atoms with Crippen molar-refractivity contribution >= 4 is 0 Å². The lowest BCUT2D eigenvalue weighted by Gasteiger charge is -2.20. The average molecular weight is 233 g/mol. The van der Waals surface area contributed by atoms with Crippen LogP contribution in [0, 0.1) is 11.3 Å². The lowest BCUT2D eigenvalue weighted by Crippen LogP contribution is -2.35. The number of nitrogens with zero attached hydrogens (tertiary/aromatic N) is 2. The van der Waals surface area contributed by atoms with E-state index in [1.807, 2.05) is 18.2 Å². The van der Waals surface area contributed by atoms with Crippen molar-refractivity contribution in [2.45, 2.75) is 45.9 Å². The van der Waals surface area contributed by atoms with Gasteiger partial charge in [-0.25, -0.2) is 0 Å². The molecule has 1 rings (SSSR count). The van der Waals surface area contributed by atoms with Gasteiger partial charge in [-0.05, 0) is 39.8 Å². The molecule has 1 aromatic rings. The van der Waals surface area contributed by atoms with E-state index < -0.39 is 6.10 Å². The Morgan fingerprint density at radius 1 is 1.47 bits per heavy atom. The van der Waals surface area contributed by atoms with E-state index in [0.29, 0.717) is 5.75 Å². The number of hydrogen-bond acceptors (Lipinski definition) is 4. The summed E-state index contributed by atoms with van der Waals surface area (Å²) in [5, 5.41) is 12.0. The maximum absolute atomic E-state index is 8.62. The van der Waals surface area contributed by atoms with E-state index in [4.69, 9.17) is 10.00 Å². The third-order valence-corrected chi connectivity index (χ3v) is 2.09. The summed E-state index contributed by atoms with van der Waals surface area (Å²) in [6.07, 6.45) is 1.20. The highest BCUT2D eigenvalue weighted by atomic mass is 16.5. The van der Waals surface area contributed by atoms with E-state index in [0.717, 1.165) is 12.2 Å². The summed E-state index contributed by atoms with van der Waals surface area (Å²) < 4.78 is 5.32. The lowest BCUT2D eigenvalue weighted by atomic mass is 10.1. The molecule has 4 nitrogen and oxygen atoms in total. The van der Waals surface area contributed by atoms with Crippen LogP contribution >= 0.6 is 0 Å². The van der Waals surface area contributed by atoms with Gasteiger partial charge < -0.3 is 10.1 Å². The zero-order chi connectivity index (χ0) is 12.9. The summed E-state index contributed by atoms with van der Waals surface area (Å²) in [5.74, 6) is 0.624. The Labute approximate surface area is 103 Å². The molecule has 0 fully saturated rings. The van der Waals surface area contributed by atoms with Gasteiger partial charge >= 0.3 is 0 Å². The van der Waals surface area contributed by atoms with Crippen LogP contribution in [0.1, 0.15) is 33.4 Å². The van der Waals surface area contributed by atoms with Gasteiger partial charge in [0.25, 0.3) is 0 Å². The van der Waals surface area contributed by atoms with E-state index in [-0.39, 0.29) is 5.54 Å². The Hall–Kier alpha value is -1.60. The van der Waals surface area contributed by atoms with Crippen LogP contribution in [0.15, 0.2) is 18.3 Å². The zero-order valence-electron chi connectivity index (χ0n) is 10.8. The first-order chi connectivity index (χ1) is 7.90. The number of nitriles is 1. The van der Waals surface area contributed by atoms with E-state index in [1.165, 1.54) is 0 Å². The summed E-state index contributed by atoms with van der Waals surface area (Å²) in [4.78, 5) is 4.27. The Bertz CT molecular complexity index is 387. The second kappa shape index (κ2) is 5.65. The molecule has 0 saturated carbocycles. The first-order valence-corrected chi connectivity index (χ1v) is 5.67. The molecule has 1 unspecified atom stereocenters. The van der Waals surface area contributed by atoms with Crippen LogP contribution in [0.3, 0.4) is 0 Å².